The Morgan fingerprint density at radius 1 is 1.00 bits per heavy atom. The number of thiazole rings is 1. The topological polar surface area (TPSA) is 31.4 Å². The maximum Gasteiger partial charge on any atom is 0.185 e. The molecule has 2 aliphatic heterocycles. The molecule has 0 radical (unpaired) electrons. The van der Waals surface area contributed by atoms with E-state index in [9.17, 15) is 0 Å². The number of anilines is 2. The smallest absolute Gasteiger partial charge is 0.185 e. The van der Waals surface area contributed by atoms with E-state index in [0.29, 0.717) is 0 Å². The van der Waals surface area contributed by atoms with Crippen molar-refractivity contribution in [3.8, 4) is 0 Å². The molecule has 5 heteroatoms. The van der Waals surface area contributed by atoms with E-state index in [4.69, 9.17) is 4.98 Å². The molecule has 21 heavy (non-hydrogen) atoms. The van der Waals surface area contributed by atoms with Crippen molar-refractivity contribution in [2.75, 3.05) is 42.5 Å². The second-order valence-electron chi connectivity index (χ2n) is 5.61. The van der Waals surface area contributed by atoms with Crippen molar-refractivity contribution in [3.63, 3.8) is 0 Å². The molecule has 1 N–H and O–H groups in total. The van der Waals surface area contributed by atoms with E-state index in [2.05, 4.69) is 45.4 Å². The summed E-state index contributed by atoms with van der Waals surface area (Å²) < 4.78 is 0. The van der Waals surface area contributed by atoms with E-state index in [1.54, 1.807) is 0 Å². The van der Waals surface area contributed by atoms with Crippen molar-refractivity contribution >= 4 is 22.2 Å². The number of hydrogen-bond acceptors (Lipinski definition) is 5. The fourth-order valence-electron chi connectivity index (χ4n) is 3.03. The van der Waals surface area contributed by atoms with Gasteiger partial charge < -0.3 is 15.1 Å². The molecular formula is C16H20N4S. The minimum absolute atomic E-state index is 1.00. The van der Waals surface area contributed by atoms with Crippen LogP contribution in [-0.4, -0.2) is 37.7 Å². The molecule has 2 aliphatic rings. The Morgan fingerprint density at radius 2 is 1.81 bits per heavy atom. The van der Waals surface area contributed by atoms with Gasteiger partial charge in [0.25, 0.3) is 0 Å². The molecular weight excluding hydrogens is 280 g/mol. The Balaban J connectivity index is 1.54. The number of benzene rings is 1. The molecule has 0 amide bonds. The summed E-state index contributed by atoms with van der Waals surface area (Å²) >= 11 is 1.89. The Morgan fingerprint density at radius 3 is 2.62 bits per heavy atom. The van der Waals surface area contributed by atoms with E-state index in [1.807, 2.05) is 11.3 Å². The standard InChI is InChI=1S/C16H20N4S/c1-2-4-13(5-3-1)20-9-6-14-15(12-20)21-16(18-14)19-10-7-17-8-11-19/h1-5,17H,6-12H2. The fourth-order valence-corrected chi connectivity index (χ4v) is 4.21. The predicted molar refractivity (Wildman–Crippen MR) is 88.4 cm³/mol. The van der Waals surface area contributed by atoms with Crippen molar-refractivity contribution in [1.29, 1.82) is 0 Å². The number of hydrogen-bond donors (Lipinski definition) is 1. The highest BCUT2D eigenvalue weighted by Crippen LogP contribution is 2.32. The molecule has 0 saturated carbocycles. The van der Waals surface area contributed by atoms with Crippen molar-refractivity contribution in [3.05, 3.63) is 40.9 Å². The summed E-state index contributed by atoms with van der Waals surface area (Å²) in [5.74, 6) is 0. The zero-order valence-corrected chi connectivity index (χ0v) is 12.9. The van der Waals surface area contributed by atoms with Crippen LogP contribution in [0, 0.1) is 0 Å². The van der Waals surface area contributed by atoms with Crippen LogP contribution in [0.4, 0.5) is 10.8 Å². The number of aromatic nitrogens is 1. The zero-order chi connectivity index (χ0) is 14.1. The third kappa shape index (κ3) is 2.63. The highest BCUT2D eigenvalue weighted by molar-refractivity contribution is 7.15. The number of nitrogens with one attached hydrogen (secondary N) is 1. The molecule has 1 aromatic heterocycles. The zero-order valence-electron chi connectivity index (χ0n) is 12.1. The molecule has 0 unspecified atom stereocenters. The summed E-state index contributed by atoms with van der Waals surface area (Å²) in [5, 5.41) is 4.62. The van der Waals surface area contributed by atoms with Gasteiger partial charge in [0.1, 0.15) is 0 Å². The first-order valence-electron chi connectivity index (χ1n) is 7.64. The molecule has 3 heterocycles. The molecule has 0 atom stereocenters. The largest absolute Gasteiger partial charge is 0.366 e. The number of fused-ring (bicyclic) bond motifs is 1. The normalized spacial score (nSPS) is 18.7. The molecule has 0 aliphatic carbocycles. The molecule has 0 spiro atoms. The quantitative estimate of drug-likeness (QED) is 0.920. The molecule has 2 aromatic rings. The lowest BCUT2D eigenvalue weighted by Gasteiger charge is -2.28. The summed E-state index contributed by atoms with van der Waals surface area (Å²) in [6.07, 6.45) is 1.06. The van der Waals surface area contributed by atoms with Gasteiger partial charge in [-0.2, -0.15) is 0 Å². The third-order valence-electron chi connectivity index (χ3n) is 4.23. The minimum atomic E-state index is 1.00. The summed E-state index contributed by atoms with van der Waals surface area (Å²) in [7, 11) is 0. The average Bonchev–Trinajstić information content (AvgIpc) is 2.99. The molecule has 1 aromatic carbocycles. The van der Waals surface area contributed by atoms with Crippen molar-refractivity contribution < 1.29 is 0 Å². The first-order chi connectivity index (χ1) is 10.4. The first-order valence-corrected chi connectivity index (χ1v) is 8.46. The van der Waals surface area contributed by atoms with Crippen LogP contribution in [0.5, 0.6) is 0 Å². The number of piperazine rings is 1. The van der Waals surface area contributed by atoms with Gasteiger partial charge in [-0.25, -0.2) is 4.98 Å². The summed E-state index contributed by atoms with van der Waals surface area (Å²) in [6, 6.07) is 10.7. The van der Waals surface area contributed by atoms with Crippen LogP contribution >= 0.6 is 11.3 Å². The van der Waals surface area contributed by atoms with Crippen molar-refractivity contribution in [2.45, 2.75) is 13.0 Å². The van der Waals surface area contributed by atoms with Crippen LogP contribution in [0.3, 0.4) is 0 Å². The lowest BCUT2D eigenvalue weighted by Crippen LogP contribution is -2.43. The van der Waals surface area contributed by atoms with E-state index in [1.165, 1.54) is 21.4 Å². The summed E-state index contributed by atoms with van der Waals surface area (Å²) in [4.78, 5) is 11.2. The number of nitrogens with zero attached hydrogens (tertiary/aromatic N) is 3. The van der Waals surface area contributed by atoms with E-state index >= 15 is 0 Å². The molecule has 1 saturated heterocycles. The van der Waals surface area contributed by atoms with Crippen LogP contribution in [-0.2, 0) is 13.0 Å². The summed E-state index contributed by atoms with van der Waals surface area (Å²) in [6.45, 7) is 6.37. The van der Waals surface area contributed by atoms with E-state index in [0.717, 1.165) is 45.7 Å². The first kappa shape index (κ1) is 13.1. The Kier molecular flexibility index (Phi) is 3.53. The minimum Gasteiger partial charge on any atom is -0.366 e. The lowest BCUT2D eigenvalue weighted by atomic mass is 10.1. The third-order valence-corrected chi connectivity index (χ3v) is 5.37. The maximum atomic E-state index is 4.89. The van der Waals surface area contributed by atoms with Gasteiger partial charge in [0, 0.05) is 49.7 Å². The van der Waals surface area contributed by atoms with Crippen LogP contribution in [0.25, 0.3) is 0 Å². The number of rotatable bonds is 2. The molecule has 110 valence electrons. The van der Waals surface area contributed by atoms with Crippen LogP contribution in [0.2, 0.25) is 0 Å². The number of para-hydroxylation sites is 1. The van der Waals surface area contributed by atoms with Crippen molar-refractivity contribution in [1.82, 2.24) is 10.3 Å². The second-order valence-corrected chi connectivity index (χ2v) is 6.67. The molecule has 4 nitrogen and oxygen atoms in total. The molecule has 4 rings (SSSR count). The average molecular weight is 300 g/mol. The Labute approximate surface area is 129 Å². The highest BCUT2D eigenvalue weighted by Gasteiger charge is 2.23. The Bertz CT molecular complexity index is 604. The monoisotopic (exact) mass is 300 g/mol. The summed E-state index contributed by atoms with van der Waals surface area (Å²) in [5.41, 5.74) is 2.64. The fraction of sp³-hybridized carbons (Fsp3) is 0.438. The van der Waals surface area contributed by atoms with Gasteiger partial charge in [-0.05, 0) is 12.1 Å². The predicted octanol–water partition coefficient (Wildman–Crippen LogP) is 2.12. The van der Waals surface area contributed by atoms with Gasteiger partial charge in [-0.1, -0.05) is 29.5 Å². The molecule has 1 fully saturated rings. The second kappa shape index (κ2) is 5.66. The highest BCUT2D eigenvalue weighted by atomic mass is 32.1. The van der Waals surface area contributed by atoms with Gasteiger partial charge in [-0.15, -0.1) is 0 Å². The van der Waals surface area contributed by atoms with E-state index in [-0.39, 0.29) is 0 Å². The van der Waals surface area contributed by atoms with Gasteiger partial charge in [0.05, 0.1) is 12.2 Å². The molecule has 0 bridgehead atoms. The van der Waals surface area contributed by atoms with Crippen LogP contribution < -0.4 is 15.1 Å². The van der Waals surface area contributed by atoms with Crippen LogP contribution in [0.15, 0.2) is 30.3 Å². The maximum absolute atomic E-state index is 4.89. The van der Waals surface area contributed by atoms with Gasteiger partial charge in [0.15, 0.2) is 5.13 Å². The Hall–Kier alpha value is -1.59. The van der Waals surface area contributed by atoms with Gasteiger partial charge in [0.2, 0.25) is 0 Å². The van der Waals surface area contributed by atoms with Gasteiger partial charge in [-0.3, -0.25) is 0 Å². The van der Waals surface area contributed by atoms with E-state index < -0.39 is 0 Å². The van der Waals surface area contributed by atoms with Crippen molar-refractivity contribution in [2.24, 2.45) is 0 Å². The van der Waals surface area contributed by atoms with Crippen LogP contribution in [0.1, 0.15) is 10.6 Å². The lowest BCUT2D eigenvalue weighted by molar-refractivity contribution is 0.587. The SMILES string of the molecule is c1ccc(N2CCc3nc(N4CCNCC4)sc3C2)cc1. The van der Waals surface area contributed by atoms with Gasteiger partial charge >= 0.3 is 0 Å².